The summed E-state index contributed by atoms with van der Waals surface area (Å²) in [7, 11) is 0. The van der Waals surface area contributed by atoms with Crippen LogP contribution in [0.5, 0.6) is 5.75 Å². The maximum Gasteiger partial charge on any atom is 0.134 e. The number of hydrogen-bond donors (Lipinski definition) is 1. The third-order valence-electron chi connectivity index (χ3n) is 3.53. The molecule has 0 saturated carbocycles. The molecule has 0 saturated heterocycles. The van der Waals surface area contributed by atoms with Gasteiger partial charge in [0.25, 0.3) is 0 Å². The summed E-state index contributed by atoms with van der Waals surface area (Å²) in [5.74, 6) is 1.21. The Hall–Kier alpha value is -1.46. The number of aromatic nitrogens is 2. The van der Waals surface area contributed by atoms with Crippen molar-refractivity contribution >= 4 is 11.3 Å². The summed E-state index contributed by atoms with van der Waals surface area (Å²) in [6, 6.07) is 8.45. The van der Waals surface area contributed by atoms with Gasteiger partial charge in [0, 0.05) is 5.56 Å². The van der Waals surface area contributed by atoms with Gasteiger partial charge in [-0.15, -0.1) is 10.2 Å². The Morgan fingerprint density at radius 3 is 3.10 bits per heavy atom. The predicted molar refractivity (Wildman–Crippen MR) is 80.4 cm³/mol. The molecule has 2 heterocycles. The first kappa shape index (κ1) is 13.5. The molecule has 0 amide bonds. The first-order valence-electron chi connectivity index (χ1n) is 7.08. The topological polar surface area (TPSA) is 47.0 Å². The van der Waals surface area contributed by atoms with Crippen LogP contribution in [0.3, 0.4) is 0 Å². The van der Waals surface area contributed by atoms with Gasteiger partial charge in [0.2, 0.25) is 0 Å². The van der Waals surface area contributed by atoms with Crippen molar-refractivity contribution < 1.29 is 4.74 Å². The summed E-state index contributed by atoms with van der Waals surface area (Å²) >= 11 is 1.69. The molecule has 106 valence electrons. The van der Waals surface area contributed by atoms with Crippen LogP contribution in [-0.2, 0) is 0 Å². The number of ether oxygens (including phenoxy) is 1. The second-order valence-electron chi connectivity index (χ2n) is 5.06. The van der Waals surface area contributed by atoms with E-state index in [1.54, 1.807) is 11.3 Å². The largest absolute Gasteiger partial charge is 0.492 e. The van der Waals surface area contributed by atoms with Crippen molar-refractivity contribution in [3.8, 4) is 5.75 Å². The maximum atomic E-state index is 5.72. The minimum Gasteiger partial charge on any atom is -0.492 e. The molecule has 1 aromatic carbocycles. The Morgan fingerprint density at radius 1 is 1.40 bits per heavy atom. The van der Waals surface area contributed by atoms with Crippen molar-refractivity contribution in [3.05, 3.63) is 39.8 Å². The van der Waals surface area contributed by atoms with Crippen LogP contribution in [0.1, 0.15) is 47.8 Å². The lowest BCUT2D eigenvalue weighted by Crippen LogP contribution is -2.19. The standard InChI is InChI=1S/C15H19N3OS/c1-3-8-16-10(2)14-17-18-15(20-14)12-9-19-13-7-5-4-6-11(12)13/h4-7,10,12,16H,3,8-9H2,1-2H3. The summed E-state index contributed by atoms with van der Waals surface area (Å²) in [5.41, 5.74) is 1.23. The van der Waals surface area contributed by atoms with Crippen molar-refractivity contribution in [2.75, 3.05) is 13.2 Å². The van der Waals surface area contributed by atoms with Crippen LogP contribution in [0.15, 0.2) is 24.3 Å². The molecule has 0 radical (unpaired) electrons. The zero-order chi connectivity index (χ0) is 13.9. The summed E-state index contributed by atoms with van der Waals surface area (Å²) in [6.45, 7) is 5.98. The van der Waals surface area contributed by atoms with Crippen LogP contribution in [0.2, 0.25) is 0 Å². The zero-order valence-electron chi connectivity index (χ0n) is 11.8. The predicted octanol–water partition coefficient (Wildman–Crippen LogP) is 3.12. The van der Waals surface area contributed by atoms with Crippen LogP contribution in [0.25, 0.3) is 0 Å². The first-order valence-corrected chi connectivity index (χ1v) is 7.89. The second kappa shape index (κ2) is 5.89. The number of para-hydroxylation sites is 1. The Balaban J connectivity index is 1.78. The molecule has 20 heavy (non-hydrogen) atoms. The normalized spacial score (nSPS) is 18.6. The van der Waals surface area contributed by atoms with Gasteiger partial charge in [-0.05, 0) is 26.0 Å². The highest BCUT2D eigenvalue weighted by atomic mass is 32.1. The lowest BCUT2D eigenvalue weighted by atomic mass is 10.0. The van der Waals surface area contributed by atoms with Crippen molar-refractivity contribution in [3.63, 3.8) is 0 Å². The first-order chi connectivity index (χ1) is 9.79. The van der Waals surface area contributed by atoms with Crippen LogP contribution >= 0.6 is 11.3 Å². The van der Waals surface area contributed by atoms with Crippen LogP contribution < -0.4 is 10.1 Å². The van der Waals surface area contributed by atoms with Gasteiger partial charge in [-0.2, -0.15) is 0 Å². The molecule has 2 unspecified atom stereocenters. The van der Waals surface area contributed by atoms with E-state index in [0.717, 1.165) is 28.7 Å². The molecule has 5 heteroatoms. The number of nitrogens with one attached hydrogen (secondary N) is 1. The van der Waals surface area contributed by atoms with Crippen LogP contribution in [0, 0.1) is 0 Å². The summed E-state index contributed by atoms with van der Waals surface area (Å²) in [5, 5.41) is 14.3. The molecule has 1 aliphatic rings. The van der Waals surface area contributed by atoms with E-state index in [1.807, 2.05) is 18.2 Å². The van der Waals surface area contributed by atoms with Gasteiger partial charge < -0.3 is 10.1 Å². The van der Waals surface area contributed by atoms with E-state index in [2.05, 4.69) is 35.4 Å². The molecular formula is C15H19N3OS. The number of nitrogens with zero attached hydrogens (tertiary/aromatic N) is 2. The van der Waals surface area contributed by atoms with Gasteiger partial charge >= 0.3 is 0 Å². The number of hydrogen-bond acceptors (Lipinski definition) is 5. The molecular weight excluding hydrogens is 270 g/mol. The fraction of sp³-hybridized carbons (Fsp3) is 0.467. The molecule has 1 N–H and O–H groups in total. The van der Waals surface area contributed by atoms with Crippen LogP contribution in [0.4, 0.5) is 0 Å². The van der Waals surface area contributed by atoms with Crippen molar-refractivity contribution in [1.29, 1.82) is 0 Å². The van der Waals surface area contributed by atoms with E-state index in [1.165, 1.54) is 5.56 Å². The second-order valence-corrected chi connectivity index (χ2v) is 6.10. The molecule has 4 nitrogen and oxygen atoms in total. The third-order valence-corrected chi connectivity index (χ3v) is 4.74. The minimum absolute atomic E-state index is 0.232. The lowest BCUT2D eigenvalue weighted by molar-refractivity contribution is 0.342. The molecule has 0 fully saturated rings. The van der Waals surface area contributed by atoms with Gasteiger partial charge in [-0.1, -0.05) is 36.5 Å². The van der Waals surface area contributed by atoms with E-state index >= 15 is 0 Å². The third kappa shape index (κ3) is 2.55. The number of benzene rings is 1. The monoisotopic (exact) mass is 289 g/mol. The SMILES string of the molecule is CCCNC(C)c1nnc(C2COc3ccccc32)s1. The van der Waals surface area contributed by atoms with E-state index in [0.29, 0.717) is 6.61 Å². The Labute approximate surface area is 123 Å². The van der Waals surface area contributed by atoms with Crippen molar-refractivity contribution in [1.82, 2.24) is 15.5 Å². The Morgan fingerprint density at radius 2 is 2.25 bits per heavy atom. The molecule has 0 aliphatic carbocycles. The Kier molecular flexibility index (Phi) is 3.98. The highest BCUT2D eigenvalue weighted by Gasteiger charge is 2.28. The van der Waals surface area contributed by atoms with Gasteiger partial charge in [-0.25, -0.2) is 0 Å². The lowest BCUT2D eigenvalue weighted by Gasteiger charge is -2.08. The maximum absolute atomic E-state index is 5.72. The summed E-state index contributed by atoms with van der Waals surface area (Å²) in [4.78, 5) is 0. The number of rotatable bonds is 5. The van der Waals surface area contributed by atoms with Gasteiger partial charge in [0.15, 0.2) is 0 Å². The average molecular weight is 289 g/mol. The molecule has 3 rings (SSSR count). The average Bonchev–Trinajstić information content (AvgIpc) is 3.10. The van der Waals surface area contributed by atoms with Gasteiger partial charge in [0.05, 0.1) is 12.0 Å². The van der Waals surface area contributed by atoms with Gasteiger partial charge in [0.1, 0.15) is 22.4 Å². The van der Waals surface area contributed by atoms with E-state index in [9.17, 15) is 0 Å². The van der Waals surface area contributed by atoms with E-state index < -0.39 is 0 Å². The van der Waals surface area contributed by atoms with E-state index in [-0.39, 0.29) is 12.0 Å². The zero-order valence-corrected chi connectivity index (χ0v) is 12.6. The van der Waals surface area contributed by atoms with Crippen molar-refractivity contribution in [2.45, 2.75) is 32.2 Å². The summed E-state index contributed by atoms with van der Waals surface area (Å²) in [6.07, 6.45) is 1.12. The molecule has 2 aromatic rings. The molecule has 0 spiro atoms. The highest BCUT2D eigenvalue weighted by molar-refractivity contribution is 7.11. The molecule has 2 atom stereocenters. The van der Waals surface area contributed by atoms with Crippen LogP contribution in [-0.4, -0.2) is 23.3 Å². The fourth-order valence-corrected chi connectivity index (χ4v) is 3.35. The fourth-order valence-electron chi connectivity index (χ4n) is 2.38. The smallest absolute Gasteiger partial charge is 0.134 e. The molecule has 1 aromatic heterocycles. The molecule has 0 bridgehead atoms. The quantitative estimate of drug-likeness (QED) is 0.918. The van der Waals surface area contributed by atoms with Crippen molar-refractivity contribution in [2.24, 2.45) is 0 Å². The number of fused-ring (bicyclic) bond motifs is 1. The summed E-state index contributed by atoms with van der Waals surface area (Å²) < 4.78 is 5.72. The minimum atomic E-state index is 0.232. The van der Waals surface area contributed by atoms with E-state index in [4.69, 9.17) is 4.74 Å². The highest BCUT2D eigenvalue weighted by Crippen LogP contribution is 2.39. The van der Waals surface area contributed by atoms with Gasteiger partial charge in [-0.3, -0.25) is 0 Å². The Bertz CT molecular complexity index is 584. The molecule has 1 aliphatic heterocycles.